The first-order valence-corrected chi connectivity index (χ1v) is 6.22. The fraction of sp³-hybridized carbons (Fsp3) is 0.0833. The van der Waals surface area contributed by atoms with Crippen LogP contribution in [0.1, 0.15) is 9.67 Å². The van der Waals surface area contributed by atoms with Gasteiger partial charge in [0.25, 0.3) is 5.91 Å². The monoisotopic (exact) mass is 266 g/mol. The average Bonchev–Trinajstić information content (AvgIpc) is 2.73. The van der Waals surface area contributed by atoms with Gasteiger partial charge in [0.15, 0.2) is 0 Å². The van der Waals surface area contributed by atoms with E-state index >= 15 is 0 Å². The van der Waals surface area contributed by atoms with Crippen LogP contribution in [0.25, 0.3) is 0 Å². The van der Waals surface area contributed by atoms with Gasteiger partial charge in [-0.1, -0.05) is 17.7 Å². The van der Waals surface area contributed by atoms with Crippen molar-refractivity contribution < 1.29 is 4.79 Å². The predicted molar refractivity (Wildman–Crippen MR) is 72.9 cm³/mol. The lowest BCUT2D eigenvalue weighted by molar-refractivity contribution is 0.0997. The smallest absolute Gasteiger partial charge is 0.269 e. The number of hydrogen-bond acceptors (Lipinski definition) is 3. The zero-order chi connectivity index (χ0) is 12.4. The molecule has 1 aromatic carbocycles. The van der Waals surface area contributed by atoms with Crippen molar-refractivity contribution in [3.63, 3.8) is 0 Å². The van der Waals surface area contributed by atoms with Crippen molar-refractivity contribution in [3.8, 4) is 0 Å². The molecule has 0 saturated carbocycles. The van der Waals surface area contributed by atoms with Gasteiger partial charge in [-0.2, -0.15) is 0 Å². The van der Waals surface area contributed by atoms with Gasteiger partial charge >= 0.3 is 0 Å². The second-order valence-corrected chi connectivity index (χ2v) is 4.88. The largest absolute Gasteiger partial charge is 0.399 e. The van der Waals surface area contributed by atoms with Crippen LogP contribution in [0.4, 0.5) is 11.4 Å². The number of amides is 1. The lowest BCUT2D eigenvalue weighted by atomic mass is 10.2. The quantitative estimate of drug-likeness (QED) is 0.848. The lowest BCUT2D eigenvalue weighted by Gasteiger charge is -2.17. The summed E-state index contributed by atoms with van der Waals surface area (Å²) >= 11 is 7.27. The summed E-state index contributed by atoms with van der Waals surface area (Å²) in [7, 11) is 1.70. The minimum absolute atomic E-state index is 0.129. The molecule has 0 saturated heterocycles. The Morgan fingerprint density at radius 1 is 1.41 bits per heavy atom. The van der Waals surface area contributed by atoms with Crippen LogP contribution in [-0.4, -0.2) is 13.0 Å². The molecule has 0 atom stereocenters. The highest BCUT2D eigenvalue weighted by atomic mass is 35.5. The third kappa shape index (κ3) is 2.43. The number of anilines is 2. The molecule has 2 N–H and O–H groups in total. The molecule has 0 bridgehead atoms. The van der Waals surface area contributed by atoms with Gasteiger partial charge in [0.1, 0.15) is 4.88 Å². The molecule has 0 fully saturated rings. The van der Waals surface area contributed by atoms with E-state index in [4.69, 9.17) is 17.3 Å². The van der Waals surface area contributed by atoms with Crippen LogP contribution >= 0.6 is 22.9 Å². The van der Waals surface area contributed by atoms with Gasteiger partial charge in [-0.15, -0.1) is 11.3 Å². The van der Waals surface area contributed by atoms with Gasteiger partial charge in [0.2, 0.25) is 0 Å². The number of carbonyl (C=O) groups excluding carboxylic acids is 1. The topological polar surface area (TPSA) is 46.3 Å². The molecule has 0 unspecified atom stereocenters. The number of halogens is 1. The molecule has 3 nitrogen and oxygen atoms in total. The summed E-state index contributed by atoms with van der Waals surface area (Å²) < 4.78 is 0. The summed E-state index contributed by atoms with van der Waals surface area (Å²) in [6, 6.07) is 8.88. The van der Waals surface area contributed by atoms with Crippen LogP contribution in [0.2, 0.25) is 5.02 Å². The van der Waals surface area contributed by atoms with Crippen LogP contribution in [0.15, 0.2) is 35.7 Å². The van der Waals surface area contributed by atoms with E-state index in [1.54, 1.807) is 30.6 Å². The van der Waals surface area contributed by atoms with Gasteiger partial charge < -0.3 is 10.6 Å². The molecule has 1 aromatic heterocycles. The summed E-state index contributed by atoms with van der Waals surface area (Å²) in [5.74, 6) is -0.129. The number of benzene rings is 1. The van der Waals surface area contributed by atoms with Gasteiger partial charge in [-0.3, -0.25) is 4.79 Å². The lowest BCUT2D eigenvalue weighted by Crippen LogP contribution is -2.25. The number of nitrogens with zero attached hydrogens (tertiary/aromatic N) is 1. The van der Waals surface area contributed by atoms with Crippen molar-refractivity contribution in [3.05, 3.63) is 45.6 Å². The van der Waals surface area contributed by atoms with Crippen molar-refractivity contribution in [1.82, 2.24) is 0 Å². The van der Waals surface area contributed by atoms with E-state index in [1.165, 1.54) is 16.2 Å². The predicted octanol–water partition coefficient (Wildman–Crippen LogP) is 3.26. The average molecular weight is 267 g/mol. The molecule has 88 valence electrons. The number of hydrogen-bond donors (Lipinski definition) is 1. The van der Waals surface area contributed by atoms with Crippen LogP contribution in [-0.2, 0) is 0 Å². The first-order chi connectivity index (χ1) is 8.09. The van der Waals surface area contributed by atoms with Gasteiger partial charge in [-0.05, 0) is 29.6 Å². The molecule has 1 heterocycles. The molecular formula is C12H11ClN2OS. The Balaban J connectivity index is 2.30. The third-order valence-electron chi connectivity index (χ3n) is 2.37. The third-order valence-corrected chi connectivity index (χ3v) is 3.70. The van der Waals surface area contributed by atoms with E-state index in [9.17, 15) is 4.79 Å². The van der Waals surface area contributed by atoms with E-state index in [1.807, 2.05) is 12.1 Å². The summed E-state index contributed by atoms with van der Waals surface area (Å²) in [6.07, 6.45) is 0. The fourth-order valence-corrected chi connectivity index (χ4v) is 2.56. The number of carbonyl (C=O) groups is 1. The SMILES string of the molecule is CN(C(=O)c1sccc1Cl)c1cccc(N)c1. The summed E-state index contributed by atoms with van der Waals surface area (Å²) in [5, 5.41) is 2.28. The number of nitrogens with two attached hydrogens (primary N) is 1. The zero-order valence-electron chi connectivity index (χ0n) is 9.18. The van der Waals surface area contributed by atoms with Crippen LogP contribution in [0, 0.1) is 0 Å². The van der Waals surface area contributed by atoms with E-state index in [2.05, 4.69) is 0 Å². The molecule has 2 rings (SSSR count). The zero-order valence-corrected chi connectivity index (χ0v) is 10.8. The van der Waals surface area contributed by atoms with Crippen molar-refractivity contribution in [1.29, 1.82) is 0 Å². The van der Waals surface area contributed by atoms with E-state index in [0.717, 1.165) is 5.69 Å². The molecule has 17 heavy (non-hydrogen) atoms. The maximum atomic E-state index is 12.1. The Morgan fingerprint density at radius 3 is 2.76 bits per heavy atom. The highest BCUT2D eigenvalue weighted by Crippen LogP contribution is 2.26. The van der Waals surface area contributed by atoms with Crippen molar-refractivity contribution in [2.75, 3.05) is 17.7 Å². The van der Waals surface area contributed by atoms with Crippen molar-refractivity contribution >= 4 is 40.2 Å². The summed E-state index contributed by atoms with van der Waals surface area (Å²) in [6.45, 7) is 0. The second-order valence-electron chi connectivity index (χ2n) is 3.56. The Kier molecular flexibility index (Phi) is 3.36. The van der Waals surface area contributed by atoms with Crippen molar-refractivity contribution in [2.45, 2.75) is 0 Å². The van der Waals surface area contributed by atoms with E-state index in [-0.39, 0.29) is 5.91 Å². The number of thiophene rings is 1. The summed E-state index contributed by atoms with van der Waals surface area (Å²) in [4.78, 5) is 14.2. The maximum Gasteiger partial charge on any atom is 0.269 e. The molecule has 0 radical (unpaired) electrons. The fourth-order valence-electron chi connectivity index (χ4n) is 1.45. The molecular weight excluding hydrogens is 256 g/mol. The molecule has 5 heteroatoms. The molecule has 0 aliphatic heterocycles. The first kappa shape index (κ1) is 12.0. The molecule has 1 amide bonds. The minimum Gasteiger partial charge on any atom is -0.399 e. The Morgan fingerprint density at radius 2 is 2.18 bits per heavy atom. The highest BCUT2D eigenvalue weighted by molar-refractivity contribution is 7.12. The Hall–Kier alpha value is -1.52. The van der Waals surface area contributed by atoms with Crippen molar-refractivity contribution in [2.24, 2.45) is 0 Å². The minimum atomic E-state index is -0.129. The van der Waals surface area contributed by atoms with Gasteiger partial charge in [0, 0.05) is 18.4 Å². The van der Waals surface area contributed by atoms with Gasteiger partial charge in [-0.25, -0.2) is 0 Å². The number of rotatable bonds is 2. The molecule has 0 aliphatic rings. The van der Waals surface area contributed by atoms with E-state index < -0.39 is 0 Å². The second kappa shape index (κ2) is 4.77. The Bertz CT molecular complexity index is 553. The molecule has 0 spiro atoms. The van der Waals surface area contributed by atoms with Crippen LogP contribution < -0.4 is 10.6 Å². The first-order valence-electron chi connectivity index (χ1n) is 4.96. The standard InChI is InChI=1S/C12H11ClN2OS/c1-15(9-4-2-3-8(14)7-9)12(16)11-10(13)5-6-17-11/h2-7H,14H2,1H3. The maximum absolute atomic E-state index is 12.1. The Labute approximate surface area is 108 Å². The summed E-state index contributed by atoms with van der Waals surface area (Å²) in [5.41, 5.74) is 7.06. The van der Waals surface area contributed by atoms with Gasteiger partial charge in [0.05, 0.1) is 5.02 Å². The van der Waals surface area contributed by atoms with Crippen LogP contribution in [0.3, 0.4) is 0 Å². The molecule has 0 aliphatic carbocycles. The van der Waals surface area contributed by atoms with E-state index in [0.29, 0.717) is 15.6 Å². The normalized spacial score (nSPS) is 10.2. The molecule has 2 aromatic rings. The van der Waals surface area contributed by atoms with Crippen LogP contribution in [0.5, 0.6) is 0 Å². The highest BCUT2D eigenvalue weighted by Gasteiger charge is 2.17. The number of nitrogen functional groups attached to an aromatic ring is 1.